The van der Waals surface area contributed by atoms with Crippen LogP contribution < -0.4 is 21.2 Å². The molecule has 0 atom stereocenters. The zero-order valence-electron chi connectivity index (χ0n) is 20.7. The lowest BCUT2D eigenvalue weighted by molar-refractivity contribution is 1.00. The molecule has 0 spiro atoms. The molecule has 0 aliphatic carbocycles. The molecule has 0 saturated carbocycles. The lowest BCUT2D eigenvalue weighted by Gasteiger charge is -2.42. The molecule has 30 heavy (non-hydrogen) atoms. The maximum atomic E-state index is 4.92. The van der Waals surface area contributed by atoms with E-state index in [2.05, 4.69) is 111 Å². The molecule has 0 fully saturated rings. The standard InChI is InChI=1S/C27H43P3/c1-20(2)29(10,21(3)4)26-18-14-12-16-24(26)28(9)25-17-13-15-19-27(25)30(11,22(5)6)23(7)8/h12-23H,10-11H2,1-9H3. The summed E-state index contributed by atoms with van der Waals surface area (Å²) in [6.07, 6.45) is 0. The van der Waals surface area contributed by atoms with E-state index in [-0.39, 0.29) is 0 Å². The fourth-order valence-corrected chi connectivity index (χ4v) is 14.7. The molecule has 0 unspecified atom stereocenters. The van der Waals surface area contributed by atoms with Crippen molar-refractivity contribution in [3.05, 3.63) is 61.9 Å². The van der Waals surface area contributed by atoms with Crippen molar-refractivity contribution in [2.75, 3.05) is 6.66 Å². The fourth-order valence-electron chi connectivity index (χ4n) is 4.63. The third-order valence-electron chi connectivity index (χ3n) is 7.07. The maximum absolute atomic E-state index is 4.92. The van der Waals surface area contributed by atoms with Crippen molar-refractivity contribution in [2.24, 2.45) is 0 Å². The summed E-state index contributed by atoms with van der Waals surface area (Å²) < 4.78 is 0. The molecular weight excluding hydrogens is 417 g/mol. The summed E-state index contributed by atoms with van der Waals surface area (Å²) in [6.45, 7) is 31.2. The van der Waals surface area contributed by atoms with Crippen molar-refractivity contribution in [1.29, 1.82) is 0 Å². The average molecular weight is 461 g/mol. The van der Waals surface area contributed by atoms with E-state index >= 15 is 0 Å². The predicted octanol–water partition coefficient (Wildman–Crippen LogP) is 7.25. The lowest BCUT2D eigenvalue weighted by Crippen LogP contribution is -2.38. The van der Waals surface area contributed by atoms with Crippen LogP contribution in [-0.4, -0.2) is 29.3 Å². The summed E-state index contributed by atoms with van der Waals surface area (Å²) in [4.78, 5) is 0. The van der Waals surface area contributed by atoms with E-state index in [9.17, 15) is 0 Å². The summed E-state index contributed by atoms with van der Waals surface area (Å²) in [7, 11) is -3.49. The van der Waals surface area contributed by atoms with Crippen LogP contribution in [0.25, 0.3) is 0 Å². The first-order valence-electron chi connectivity index (χ1n) is 11.3. The highest BCUT2D eigenvalue weighted by Gasteiger charge is 2.40. The summed E-state index contributed by atoms with van der Waals surface area (Å²) in [5, 5.41) is 6.15. The van der Waals surface area contributed by atoms with Crippen LogP contribution in [0.3, 0.4) is 0 Å². The Morgan fingerprint density at radius 2 is 0.833 bits per heavy atom. The Bertz CT molecular complexity index is 750. The minimum atomic E-state index is -1.51. The van der Waals surface area contributed by atoms with Gasteiger partial charge >= 0.3 is 0 Å². The van der Waals surface area contributed by atoms with Gasteiger partial charge in [0.15, 0.2) is 0 Å². The van der Waals surface area contributed by atoms with Crippen molar-refractivity contribution in [1.82, 2.24) is 0 Å². The van der Waals surface area contributed by atoms with Crippen molar-refractivity contribution in [3.63, 3.8) is 0 Å². The number of hydrogen-bond donors (Lipinski definition) is 0. The normalized spacial score (nSPS) is 13.3. The van der Waals surface area contributed by atoms with Crippen molar-refractivity contribution in [2.45, 2.75) is 78.0 Å². The van der Waals surface area contributed by atoms with Gasteiger partial charge in [-0.25, -0.2) is 0 Å². The number of benzene rings is 2. The van der Waals surface area contributed by atoms with Gasteiger partial charge in [0.2, 0.25) is 0 Å². The minimum absolute atomic E-state index is 0.464. The van der Waals surface area contributed by atoms with E-state index in [0.717, 1.165) is 0 Å². The van der Waals surface area contributed by atoms with Gasteiger partial charge in [-0.3, -0.25) is 0 Å². The van der Waals surface area contributed by atoms with Gasteiger partial charge in [0, 0.05) is 33.2 Å². The van der Waals surface area contributed by atoms with E-state index in [1.165, 1.54) is 10.6 Å². The largest absolute Gasteiger partial charge is 0.174 e. The quantitative estimate of drug-likeness (QED) is 0.287. The Kier molecular flexibility index (Phi) is 8.76. The molecular formula is C27H43P3. The molecule has 2 aromatic carbocycles. The summed E-state index contributed by atoms with van der Waals surface area (Å²) in [5.41, 5.74) is 2.34. The van der Waals surface area contributed by atoms with Crippen LogP contribution in [-0.2, 0) is 0 Å². The van der Waals surface area contributed by atoms with Gasteiger partial charge in [0.05, 0.1) is 10.6 Å². The topological polar surface area (TPSA) is 0 Å². The smallest absolute Gasteiger partial charge is 0.0730 e. The second-order valence-corrected chi connectivity index (χ2v) is 20.7. The maximum Gasteiger partial charge on any atom is 0.0730 e. The lowest BCUT2D eigenvalue weighted by atomic mass is 10.4. The van der Waals surface area contributed by atoms with Crippen LogP contribution in [0.2, 0.25) is 0 Å². The molecule has 0 bridgehead atoms. The third kappa shape index (κ3) is 4.59. The molecule has 166 valence electrons. The monoisotopic (exact) mass is 460 g/mol. The average Bonchev–Trinajstić information content (AvgIpc) is 2.71. The highest BCUT2D eigenvalue weighted by Crippen LogP contribution is 2.66. The molecule has 2 aromatic rings. The minimum Gasteiger partial charge on any atom is -0.174 e. The third-order valence-corrected chi connectivity index (χ3v) is 19.6. The zero-order chi connectivity index (χ0) is 22.9. The number of rotatable bonds is 8. The molecule has 3 heteroatoms. The molecule has 0 aliphatic rings. The molecule has 0 nitrogen and oxygen atoms in total. The second kappa shape index (κ2) is 10.1. The number of hydrogen-bond acceptors (Lipinski definition) is 0. The Labute approximate surface area is 190 Å². The summed E-state index contributed by atoms with van der Waals surface area (Å²) in [6, 6.07) is 18.4. The molecule has 0 saturated heterocycles. The zero-order valence-corrected chi connectivity index (χ0v) is 23.4. The molecule has 0 aliphatic heterocycles. The van der Waals surface area contributed by atoms with Gasteiger partial charge in [0.25, 0.3) is 0 Å². The van der Waals surface area contributed by atoms with Gasteiger partial charge < -0.3 is 0 Å². The highest BCUT2D eigenvalue weighted by atomic mass is 31.2. The molecule has 0 radical (unpaired) electrons. The van der Waals surface area contributed by atoms with E-state index in [0.29, 0.717) is 22.6 Å². The molecule has 0 heterocycles. The van der Waals surface area contributed by atoms with Crippen molar-refractivity contribution < 1.29 is 0 Å². The Hall–Kier alpha value is -0.270. The molecule has 0 aromatic heterocycles. The van der Waals surface area contributed by atoms with Crippen molar-refractivity contribution in [3.8, 4) is 0 Å². The molecule has 2 rings (SSSR count). The Morgan fingerprint density at radius 1 is 0.567 bits per heavy atom. The summed E-state index contributed by atoms with van der Waals surface area (Å²) >= 11 is 0. The van der Waals surface area contributed by atoms with Crippen LogP contribution >= 0.6 is 22.4 Å². The van der Waals surface area contributed by atoms with Crippen LogP contribution in [0, 0.1) is 13.3 Å². The van der Waals surface area contributed by atoms with Gasteiger partial charge in [0.1, 0.15) is 0 Å². The van der Waals surface area contributed by atoms with Gasteiger partial charge in [-0.2, -0.15) is 13.3 Å². The van der Waals surface area contributed by atoms with Crippen molar-refractivity contribution >= 4 is 43.7 Å². The van der Waals surface area contributed by atoms with E-state index < -0.39 is 22.4 Å². The van der Waals surface area contributed by atoms with E-state index in [1.807, 2.05) is 0 Å². The Balaban J connectivity index is 2.73. The highest BCUT2D eigenvalue weighted by molar-refractivity contribution is 7.89. The van der Waals surface area contributed by atoms with Crippen LogP contribution in [0.4, 0.5) is 0 Å². The van der Waals surface area contributed by atoms with Crippen LogP contribution in [0.15, 0.2) is 48.5 Å². The van der Waals surface area contributed by atoms with Crippen LogP contribution in [0.1, 0.15) is 55.4 Å². The van der Waals surface area contributed by atoms with Crippen LogP contribution in [0.5, 0.6) is 0 Å². The first-order chi connectivity index (χ1) is 13.9. The van der Waals surface area contributed by atoms with Gasteiger partial charge in [-0.1, -0.05) is 50.9 Å². The molecule has 0 amide bonds. The SMILES string of the molecule is [CH2-][P+](c1ccccc1P(C)c1ccccc1[P+]([CH2-])(C(C)C)C(C)C)(C(C)C)C(C)C. The predicted molar refractivity (Wildman–Crippen MR) is 149 cm³/mol. The fraction of sp³-hybridized carbons (Fsp3) is 0.481. The Morgan fingerprint density at radius 3 is 1.10 bits per heavy atom. The van der Waals surface area contributed by atoms with Gasteiger partial charge in [-0.15, -0.1) is 0 Å². The van der Waals surface area contributed by atoms with E-state index in [4.69, 9.17) is 13.3 Å². The van der Waals surface area contributed by atoms with E-state index in [1.54, 1.807) is 10.6 Å². The second-order valence-electron chi connectivity index (χ2n) is 9.77. The first kappa shape index (κ1) is 26.0. The first-order valence-corrected chi connectivity index (χ1v) is 17.3. The molecule has 0 N–H and O–H groups in total. The van der Waals surface area contributed by atoms with Gasteiger partial charge in [-0.05, 0) is 82.1 Å². The summed E-state index contributed by atoms with van der Waals surface area (Å²) in [5.74, 6) is 0.